The molecule has 1 amide bonds. The van der Waals surface area contributed by atoms with Gasteiger partial charge in [0, 0.05) is 38.6 Å². The predicted molar refractivity (Wildman–Crippen MR) is 102 cm³/mol. The number of carboxylic acids is 1. The van der Waals surface area contributed by atoms with Crippen molar-refractivity contribution >= 4 is 11.9 Å². The summed E-state index contributed by atoms with van der Waals surface area (Å²) in [5.74, 6) is -2.41. The van der Waals surface area contributed by atoms with Gasteiger partial charge in [-0.1, -0.05) is 12.1 Å². The van der Waals surface area contributed by atoms with Gasteiger partial charge < -0.3 is 10.4 Å². The smallest absolute Gasteiger partial charge is 0.307 e. The predicted octanol–water partition coefficient (Wildman–Crippen LogP) is 2.37. The lowest BCUT2D eigenvalue weighted by molar-refractivity contribution is -0.145. The van der Waals surface area contributed by atoms with Gasteiger partial charge >= 0.3 is 5.97 Å². The summed E-state index contributed by atoms with van der Waals surface area (Å²) in [4.78, 5) is 30.1. The number of hydrogen-bond acceptors (Lipinski definition) is 4. The lowest BCUT2D eigenvalue weighted by Crippen LogP contribution is -2.47. The fourth-order valence-electron chi connectivity index (χ4n) is 3.59. The van der Waals surface area contributed by atoms with Gasteiger partial charge in [0.05, 0.1) is 11.8 Å². The van der Waals surface area contributed by atoms with Crippen molar-refractivity contribution in [1.82, 2.24) is 15.2 Å². The van der Waals surface area contributed by atoms with Crippen molar-refractivity contribution < 1.29 is 19.1 Å². The van der Waals surface area contributed by atoms with Gasteiger partial charge in [-0.25, -0.2) is 4.39 Å². The lowest BCUT2D eigenvalue weighted by Gasteiger charge is -2.35. The molecule has 1 aromatic carbocycles. The van der Waals surface area contributed by atoms with E-state index in [0.29, 0.717) is 38.2 Å². The monoisotopic (exact) mass is 385 g/mol. The first-order valence-corrected chi connectivity index (χ1v) is 9.29. The molecular weight excluding hydrogens is 361 g/mol. The van der Waals surface area contributed by atoms with E-state index in [1.807, 2.05) is 23.1 Å². The zero-order chi connectivity index (χ0) is 20.1. The second kappa shape index (κ2) is 8.93. The summed E-state index contributed by atoms with van der Waals surface area (Å²) in [6.45, 7) is 3.30. The van der Waals surface area contributed by atoms with Gasteiger partial charge in [0.25, 0.3) is 0 Å². The van der Waals surface area contributed by atoms with Gasteiger partial charge in [-0.05, 0) is 48.2 Å². The van der Waals surface area contributed by atoms with E-state index in [1.165, 1.54) is 6.07 Å². The van der Waals surface area contributed by atoms with Crippen molar-refractivity contribution in [3.63, 3.8) is 0 Å². The Morgan fingerprint density at radius 2 is 1.93 bits per heavy atom. The van der Waals surface area contributed by atoms with Gasteiger partial charge in [0.2, 0.25) is 5.91 Å². The number of aliphatic carboxylic acids is 1. The summed E-state index contributed by atoms with van der Waals surface area (Å²) in [7, 11) is 0. The van der Waals surface area contributed by atoms with Crippen LogP contribution >= 0.6 is 0 Å². The molecule has 0 saturated carbocycles. The van der Waals surface area contributed by atoms with E-state index in [4.69, 9.17) is 0 Å². The Labute approximate surface area is 163 Å². The molecule has 28 heavy (non-hydrogen) atoms. The Hall–Kier alpha value is -2.80. The number of aromatic nitrogens is 1. The number of carboxylic acid groups (broad SMARTS) is 1. The standard InChI is InChI=1S/C21H24FN3O3/c1-14-16(3-2-4-19(14)22)11-25-12-17(9-18(13-25)21(27)28)20(26)24-10-15-5-7-23-8-6-15/h2-8,17-18H,9-13H2,1H3,(H,24,26)(H,27,28)/t17-,18-/m0/s1. The van der Waals surface area contributed by atoms with Crippen LogP contribution in [0.5, 0.6) is 0 Å². The number of nitrogens with one attached hydrogen (secondary N) is 1. The molecule has 0 spiro atoms. The zero-order valence-corrected chi connectivity index (χ0v) is 15.8. The van der Waals surface area contributed by atoms with Crippen LogP contribution in [0.1, 0.15) is 23.1 Å². The van der Waals surface area contributed by atoms with Crippen molar-refractivity contribution in [2.45, 2.75) is 26.4 Å². The first-order valence-electron chi connectivity index (χ1n) is 9.29. The molecular formula is C21H24FN3O3. The molecule has 1 aliphatic rings. The van der Waals surface area contributed by atoms with Gasteiger partial charge in [-0.15, -0.1) is 0 Å². The van der Waals surface area contributed by atoms with Crippen molar-refractivity contribution in [2.24, 2.45) is 11.8 Å². The third-order valence-electron chi connectivity index (χ3n) is 5.24. The fraction of sp³-hybridized carbons (Fsp3) is 0.381. The van der Waals surface area contributed by atoms with Crippen LogP contribution in [0, 0.1) is 24.6 Å². The largest absolute Gasteiger partial charge is 0.481 e. The zero-order valence-electron chi connectivity index (χ0n) is 15.8. The highest BCUT2D eigenvalue weighted by Gasteiger charge is 2.35. The Morgan fingerprint density at radius 1 is 1.21 bits per heavy atom. The third-order valence-corrected chi connectivity index (χ3v) is 5.24. The summed E-state index contributed by atoms with van der Waals surface area (Å²) >= 11 is 0. The average molecular weight is 385 g/mol. The molecule has 1 saturated heterocycles. The van der Waals surface area contributed by atoms with Crippen molar-refractivity contribution in [2.75, 3.05) is 13.1 Å². The van der Waals surface area contributed by atoms with Gasteiger partial charge in [-0.2, -0.15) is 0 Å². The van der Waals surface area contributed by atoms with E-state index in [1.54, 1.807) is 25.4 Å². The maximum atomic E-state index is 13.8. The summed E-state index contributed by atoms with van der Waals surface area (Å²) < 4.78 is 13.8. The van der Waals surface area contributed by atoms with Crippen LogP contribution in [0.3, 0.4) is 0 Å². The second-order valence-electron chi connectivity index (χ2n) is 7.26. The number of rotatable bonds is 6. The molecule has 148 valence electrons. The fourth-order valence-corrected chi connectivity index (χ4v) is 3.59. The summed E-state index contributed by atoms with van der Waals surface area (Å²) in [5, 5.41) is 12.4. The molecule has 2 heterocycles. The van der Waals surface area contributed by atoms with E-state index in [2.05, 4.69) is 10.3 Å². The maximum absolute atomic E-state index is 13.8. The molecule has 1 fully saturated rings. The van der Waals surface area contributed by atoms with Crippen LogP contribution in [0.15, 0.2) is 42.7 Å². The lowest BCUT2D eigenvalue weighted by atomic mass is 9.88. The summed E-state index contributed by atoms with van der Waals surface area (Å²) in [6, 6.07) is 8.53. The number of likely N-dealkylation sites (tertiary alicyclic amines) is 1. The third kappa shape index (κ3) is 4.92. The number of piperidine rings is 1. The normalized spacial score (nSPS) is 19.9. The number of halogens is 1. The van der Waals surface area contributed by atoms with Gasteiger partial charge in [-0.3, -0.25) is 19.5 Å². The number of nitrogens with zero attached hydrogens (tertiary/aromatic N) is 2. The summed E-state index contributed by atoms with van der Waals surface area (Å²) in [6.07, 6.45) is 3.62. The number of carbonyl (C=O) groups excluding carboxylic acids is 1. The molecule has 0 aliphatic carbocycles. The first kappa shape index (κ1) is 19.9. The van der Waals surface area contributed by atoms with E-state index in [9.17, 15) is 19.1 Å². The average Bonchev–Trinajstić information content (AvgIpc) is 2.70. The molecule has 1 aliphatic heterocycles. The van der Waals surface area contributed by atoms with Crippen LogP contribution in [0.25, 0.3) is 0 Å². The van der Waals surface area contributed by atoms with Crippen LogP contribution < -0.4 is 5.32 Å². The minimum atomic E-state index is -0.910. The SMILES string of the molecule is Cc1c(F)cccc1CN1C[C@@H](C(=O)O)C[C@H](C(=O)NCc2ccncc2)C1. The Bertz CT molecular complexity index is 844. The van der Waals surface area contributed by atoms with E-state index in [0.717, 1.165) is 11.1 Å². The van der Waals surface area contributed by atoms with Crippen LogP contribution in [0.4, 0.5) is 4.39 Å². The Balaban J connectivity index is 1.68. The molecule has 2 N–H and O–H groups in total. The number of amides is 1. The molecule has 0 radical (unpaired) electrons. The van der Waals surface area contributed by atoms with Crippen LogP contribution in [0.2, 0.25) is 0 Å². The highest BCUT2D eigenvalue weighted by atomic mass is 19.1. The van der Waals surface area contributed by atoms with E-state index >= 15 is 0 Å². The van der Waals surface area contributed by atoms with Gasteiger partial charge in [0.1, 0.15) is 5.82 Å². The maximum Gasteiger partial charge on any atom is 0.307 e. The number of benzene rings is 1. The topological polar surface area (TPSA) is 82.5 Å². The molecule has 1 aromatic heterocycles. The van der Waals surface area contributed by atoms with Gasteiger partial charge in [0.15, 0.2) is 0 Å². The summed E-state index contributed by atoms with van der Waals surface area (Å²) in [5.41, 5.74) is 2.29. The number of pyridine rings is 1. The first-order chi connectivity index (χ1) is 13.4. The number of carbonyl (C=O) groups is 2. The van der Waals surface area contributed by atoms with Crippen molar-refractivity contribution in [1.29, 1.82) is 0 Å². The van der Waals surface area contributed by atoms with Crippen molar-refractivity contribution in [3.05, 3.63) is 65.2 Å². The van der Waals surface area contributed by atoms with Crippen LogP contribution in [-0.4, -0.2) is 40.0 Å². The van der Waals surface area contributed by atoms with Crippen LogP contribution in [-0.2, 0) is 22.7 Å². The quantitative estimate of drug-likeness (QED) is 0.798. The molecule has 0 bridgehead atoms. The van der Waals surface area contributed by atoms with Crippen molar-refractivity contribution in [3.8, 4) is 0 Å². The molecule has 3 rings (SSSR count). The minimum absolute atomic E-state index is 0.163. The molecule has 2 aromatic rings. The number of hydrogen-bond donors (Lipinski definition) is 2. The molecule has 6 nitrogen and oxygen atoms in total. The highest BCUT2D eigenvalue weighted by molar-refractivity contribution is 5.80. The highest BCUT2D eigenvalue weighted by Crippen LogP contribution is 2.25. The minimum Gasteiger partial charge on any atom is -0.481 e. The molecule has 7 heteroatoms. The Kier molecular flexibility index (Phi) is 6.36. The Morgan fingerprint density at radius 3 is 2.64 bits per heavy atom. The second-order valence-corrected chi connectivity index (χ2v) is 7.26. The van der Waals surface area contributed by atoms with E-state index in [-0.39, 0.29) is 11.7 Å². The molecule has 2 atom stereocenters. The van der Waals surface area contributed by atoms with E-state index < -0.39 is 17.8 Å². The molecule has 0 unspecified atom stereocenters.